The van der Waals surface area contributed by atoms with Crippen molar-refractivity contribution in [2.75, 3.05) is 23.4 Å². The number of nitrogens with one attached hydrogen (secondary N) is 1. The summed E-state index contributed by atoms with van der Waals surface area (Å²) >= 11 is 0. The molecule has 0 spiro atoms. The van der Waals surface area contributed by atoms with Crippen LogP contribution in [-0.4, -0.2) is 28.0 Å². The van der Waals surface area contributed by atoms with Crippen molar-refractivity contribution in [1.82, 2.24) is 9.97 Å². The van der Waals surface area contributed by atoms with Gasteiger partial charge < -0.3 is 10.3 Å². The molecule has 0 radical (unpaired) electrons. The van der Waals surface area contributed by atoms with Gasteiger partial charge in [0.15, 0.2) is 0 Å². The SMILES string of the molecule is CCCN(CC1CC1)c1ncnc(NN)c1[N+](=O)[O-]. The van der Waals surface area contributed by atoms with Crippen molar-refractivity contribution >= 4 is 17.3 Å². The number of nitrogens with zero attached hydrogens (tertiary/aromatic N) is 4. The second kappa shape index (κ2) is 5.79. The molecule has 1 aromatic heterocycles. The summed E-state index contributed by atoms with van der Waals surface area (Å²) in [5.41, 5.74) is 2.11. The van der Waals surface area contributed by atoms with Crippen molar-refractivity contribution in [3.05, 3.63) is 16.4 Å². The summed E-state index contributed by atoms with van der Waals surface area (Å²) < 4.78 is 0. The van der Waals surface area contributed by atoms with Gasteiger partial charge in [-0.2, -0.15) is 0 Å². The largest absolute Gasteiger partial charge is 0.354 e. The molecule has 8 heteroatoms. The minimum atomic E-state index is -0.486. The summed E-state index contributed by atoms with van der Waals surface area (Å²) in [6.07, 6.45) is 4.56. The molecule has 1 heterocycles. The van der Waals surface area contributed by atoms with Crippen molar-refractivity contribution in [2.45, 2.75) is 26.2 Å². The smallest absolute Gasteiger partial charge is 0.350 e. The Kier molecular flexibility index (Phi) is 4.10. The van der Waals surface area contributed by atoms with E-state index in [1.807, 2.05) is 11.8 Å². The zero-order valence-corrected chi connectivity index (χ0v) is 10.9. The second-order valence-corrected chi connectivity index (χ2v) is 4.69. The Morgan fingerprint density at radius 3 is 2.84 bits per heavy atom. The lowest BCUT2D eigenvalue weighted by atomic mass is 10.3. The Morgan fingerprint density at radius 1 is 1.58 bits per heavy atom. The average molecular weight is 266 g/mol. The standard InChI is InChI=1S/C11H18N6O2/c1-2-5-16(6-8-3-4-8)11-9(17(18)19)10(15-12)13-7-14-11/h7-8H,2-6,12H2,1H3,(H,13,14,15). The van der Waals surface area contributed by atoms with Gasteiger partial charge in [-0.1, -0.05) is 6.92 Å². The van der Waals surface area contributed by atoms with E-state index in [-0.39, 0.29) is 11.5 Å². The molecule has 1 fully saturated rings. The molecule has 1 aromatic rings. The molecule has 8 nitrogen and oxygen atoms in total. The maximum atomic E-state index is 11.2. The van der Waals surface area contributed by atoms with Gasteiger partial charge in [0.25, 0.3) is 0 Å². The van der Waals surface area contributed by atoms with Gasteiger partial charge in [-0.25, -0.2) is 15.8 Å². The fraction of sp³-hybridized carbons (Fsp3) is 0.636. The molecule has 1 aliphatic rings. The number of aromatic nitrogens is 2. The molecule has 0 aromatic carbocycles. The number of hydrazine groups is 1. The molecule has 0 amide bonds. The van der Waals surface area contributed by atoms with Crippen LogP contribution < -0.4 is 16.2 Å². The van der Waals surface area contributed by atoms with Gasteiger partial charge in [0.05, 0.1) is 4.92 Å². The van der Waals surface area contributed by atoms with Crippen molar-refractivity contribution in [3.8, 4) is 0 Å². The van der Waals surface area contributed by atoms with Gasteiger partial charge in [0.1, 0.15) is 6.33 Å². The first-order chi connectivity index (χ1) is 9.17. The van der Waals surface area contributed by atoms with E-state index < -0.39 is 4.92 Å². The summed E-state index contributed by atoms with van der Waals surface area (Å²) in [7, 11) is 0. The Balaban J connectivity index is 2.35. The molecule has 1 saturated carbocycles. The molecule has 104 valence electrons. The Hall–Kier alpha value is -1.96. The van der Waals surface area contributed by atoms with Crippen LogP contribution >= 0.6 is 0 Å². The fourth-order valence-electron chi connectivity index (χ4n) is 2.04. The van der Waals surface area contributed by atoms with Crippen LogP contribution in [0.5, 0.6) is 0 Å². The minimum Gasteiger partial charge on any atom is -0.350 e. The maximum Gasteiger partial charge on any atom is 0.354 e. The highest BCUT2D eigenvalue weighted by Crippen LogP contribution is 2.35. The van der Waals surface area contributed by atoms with E-state index in [0.29, 0.717) is 11.7 Å². The van der Waals surface area contributed by atoms with E-state index in [4.69, 9.17) is 5.84 Å². The first-order valence-electron chi connectivity index (χ1n) is 6.38. The van der Waals surface area contributed by atoms with Crippen LogP contribution in [0.3, 0.4) is 0 Å². The predicted molar refractivity (Wildman–Crippen MR) is 71.7 cm³/mol. The Morgan fingerprint density at radius 2 is 2.32 bits per heavy atom. The molecule has 19 heavy (non-hydrogen) atoms. The van der Waals surface area contributed by atoms with E-state index >= 15 is 0 Å². The van der Waals surface area contributed by atoms with Crippen LogP contribution in [0.4, 0.5) is 17.3 Å². The summed E-state index contributed by atoms with van der Waals surface area (Å²) in [5, 5.41) is 11.2. The molecular formula is C11H18N6O2. The van der Waals surface area contributed by atoms with Crippen LogP contribution in [0, 0.1) is 16.0 Å². The fourth-order valence-corrected chi connectivity index (χ4v) is 2.04. The van der Waals surface area contributed by atoms with Crippen LogP contribution in [0.1, 0.15) is 26.2 Å². The number of rotatable bonds is 7. The topological polar surface area (TPSA) is 110 Å². The summed E-state index contributed by atoms with van der Waals surface area (Å²) in [5.74, 6) is 6.30. The van der Waals surface area contributed by atoms with Crippen LogP contribution in [-0.2, 0) is 0 Å². The summed E-state index contributed by atoms with van der Waals surface area (Å²) in [4.78, 5) is 20.6. The lowest BCUT2D eigenvalue weighted by molar-refractivity contribution is -0.383. The first-order valence-corrected chi connectivity index (χ1v) is 6.38. The van der Waals surface area contributed by atoms with Gasteiger partial charge in [0, 0.05) is 13.1 Å². The molecule has 2 rings (SSSR count). The van der Waals surface area contributed by atoms with Gasteiger partial charge in [-0.15, -0.1) is 0 Å². The third-order valence-corrected chi connectivity index (χ3v) is 3.09. The quantitative estimate of drug-likeness (QED) is 0.434. The first kappa shape index (κ1) is 13.5. The van der Waals surface area contributed by atoms with Crippen molar-refractivity contribution in [3.63, 3.8) is 0 Å². The monoisotopic (exact) mass is 266 g/mol. The van der Waals surface area contributed by atoms with Crippen LogP contribution in [0.25, 0.3) is 0 Å². The Bertz CT molecular complexity index is 462. The third-order valence-electron chi connectivity index (χ3n) is 3.09. The van der Waals surface area contributed by atoms with Crippen LogP contribution in [0.15, 0.2) is 6.33 Å². The van der Waals surface area contributed by atoms with E-state index in [9.17, 15) is 10.1 Å². The van der Waals surface area contributed by atoms with E-state index in [0.717, 1.165) is 19.5 Å². The highest BCUT2D eigenvalue weighted by molar-refractivity contribution is 5.69. The van der Waals surface area contributed by atoms with Gasteiger partial charge in [-0.05, 0) is 25.2 Å². The number of hydrogen-bond acceptors (Lipinski definition) is 7. The zero-order chi connectivity index (χ0) is 13.8. The number of anilines is 2. The van der Waals surface area contributed by atoms with Gasteiger partial charge in [-0.3, -0.25) is 10.1 Å². The van der Waals surface area contributed by atoms with Crippen molar-refractivity contribution < 1.29 is 4.92 Å². The summed E-state index contributed by atoms with van der Waals surface area (Å²) in [6, 6.07) is 0. The van der Waals surface area contributed by atoms with Crippen molar-refractivity contribution in [2.24, 2.45) is 11.8 Å². The minimum absolute atomic E-state index is 0.0481. The number of hydrogen-bond donors (Lipinski definition) is 2. The number of nitrogens with two attached hydrogens (primary N) is 1. The summed E-state index contributed by atoms with van der Waals surface area (Å²) in [6.45, 7) is 3.57. The Labute approximate surface area is 111 Å². The highest BCUT2D eigenvalue weighted by Gasteiger charge is 2.30. The lowest BCUT2D eigenvalue weighted by Crippen LogP contribution is -2.29. The van der Waals surface area contributed by atoms with Crippen molar-refractivity contribution in [1.29, 1.82) is 0 Å². The lowest BCUT2D eigenvalue weighted by Gasteiger charge is -2.22. The van der Waals surface area contributed by atoms with Gasteiger partial charge in [0.2, 0.25) is 11.6 Å². The van der Waals surface area contributed by atoms with Crippen LogP contribution in [0.2, 0.25) is 0 Å². The van der Waals surface area contributed by atoms with E-state index in [2.05, 4.69) is 15.4 Å². The molecule has 3 N–H and O–H groups in total. The predicted octanol–water partition coefficient (Wildman–Crippen LogP) is 1.30. The normalized spacial score (nSPS) is 14.2. The molecule has 1 aliphatic carbocycles. The number of nitro groups is 1. The van der Waals surface area contributed by atoms with E-state index in [1.54, 1.807) is 0 Å². The van der Waals surface area contributed by atoms with Gasteiger partial charge >= 0.3 is 5.69 Å². The third kappa shape index (κ3) is 3.08. The average Bonchev–Trinajstić information content (AvgIpc) is 3.21. The molecule has 0 bridgehead atoms. The van der Waals surface area contributed by atoms with E-state index in [1.165, 1.54) is 19.2 Å². The zero-order valence-electron chi connectivity index (χ0n) is 10.9. The number of nitrogen functional groups attached to an aromatic ring is 1. The highest BCUT2D eigenvalue weighted by atomic mass is 16.6. The molecule has 0 atom stereocenters. The second-order valence-electron chi connectivity index (χ2n) is 4.69. The maximum absolute atomic E-state index is 11.2. The molecular weight excluding hydrogens is 248 g/mol. The molecule has 0 unspecified atom stereocenters. The molecule has 0 aliphatic heterocycles. The molecule has 0 saturated heterocycles.